The fraction of sp³-hybridized carbons (Fsp3) is 0.250. The summed E-state index contributed by atoms with van der Waals surface area (Å²) in [4.78, 5) is 26.5. The Labute approximate surface area is 167 Å². The Morgan fingerprint density at radius 1 is 1.21 bits per heavy atom. The number of pyridine rings is 1. The lowest BCUT2D eigenvalue weighted by atomic mass is 10.2. The van der Waals surface area contributed by atoms with E-state index < -0.39 is 5.91 Å². The first-order valence-electron chi connectivity index (χ1n) is 9.03. The molecule has 0 aliphatic rings. The number of rotatable bonds is 7. The van der Waals surface area contributed by atoms with Gasteiger partial charge in [0.2, 0.25) is 0 Å². The molecule has 2 heterocycles. The third-order valence-corrected chi connectivity index (χ3v) is 4.24. The molecule has 1 aromatic carbocycles. The topological polar surface area (TPSA) is 96.4 Å². The molecule has 0 saturated carbocycles. The second-order valence-corrected chi connectivity index (χ2v) is 6.59. The second kappa shape index (κ2) is 9.18. The van der Waals surface area contributed by atoms with Gasteiger partial charge in [0, 0.05) is 18.0 Å². The van der Waals surface area contributed by atoms with E-state index >= 15 is 0 Å². The molecule has 0 fully saturated rings. The number of anilines is 1. The number of H-pyrrole nitrogens is 1. The van der Waals surface area contributed by atoms with Crippen molar-refractivity contribution in [3.8, 4) is 5.75 Å². The molecule has 28 heavy (non-hydrogen) atoms. The van der Waals surface area contributed by atoms with Gasteiger partial charge < -0.3 is 19.5 Å². The van der Waals surface area contributed by atoms with Crippen molar-refractivity contribution < 1.29 is 13.9 Å². The first-order chi connectivity index (χ1) is 13.6. The Hall–Kier alpha value is -3.13. The number of aromatic amines is 1. The van der Waals surface area contributed by atoms with Crippen molar-refractivity contribution in [3.05, 3.63) is 58.7 Å². The lowest BCUT2D eigenvalue weighted by molar-refractivity contribution is 0.0953. The number of benzene rings is 1. The molecule has 0 aliphatic carbocycles. The summed E-state index contributed by atoms with van der Waals surface area (Å²) in [5.74, 6) is 0.250. The van der Waals surface area contributed by atoms with Crippen molar-refractivity contribution in [2.75, 3.05) is 11.9 Å². The fourth-order valence-electron chi connectivity index (χ4n) is 2.59. The van der Waals surface area contributed by atoms with Gasteiger partial charge in [0.1, 0.15) is 11.3 Å². The van der Waals surface area contributed by atoms with Gasteiger partial charge >= 0.3 is 0 Å². The highest BCUT2D eigenvalue weighted by atomic mass is 32.1. The molecule has 3 N–H and O–H groups in total. The van der Waals surface area contributed by atoms with Crippen LogP contribution in [0, 0.1) is 0 Å². The van der Waals surface area contributed by atoms with E-state index in [2.05, 4.69) is 22.5 Å². The summed E-state index contributed by atoms with van der Waals surface area (Å²) >= 11 is 5.17. The molecule has 7 nitrogen and oxygen atoms in total. The zero-order valence-electron chi connectivity index (χ0n) is 15.4. The number of amides is 1. The SMILES string of the molecule is CCCCCOc1ccc(NC(=S)NC(=O)c2cc3c(=O)[nH]ccc3o2)cc1. The van der Waals surface area contributed by atoms with E-state index in [0.717, 1.165) is 25.0 Å². The quantitative estimate of drug-likeness (QED) is 0.413. The molecule has 0 radical (unpaired) electrons. The molecule has 0 spiro atoms. The van der Waals surface area contributed by atoms with Crippen LogP contribution >= 0.6 is 12.2 Å². The van der Waals surface area contributed by atoms with E-state index in [4.69, 9.17) is 21.4 Å². The first kappa shape index (κ1) is 19.6. The normalized spacial score (nSPS) is 10.6. The summed E-state index contributed by atoms with van der Waals surface area (Å²) in [5.41, 5.74) is 0.729. The van der Waals surface area contributed by atoms with E-state index in [0.29, 0.717) is 23.3 Å². The number of carbonyl (C=O) groups is 1. The molecule has 146 valence electrons. The number of nitrogens with one attached hydrogen (secondary N) is 3. The smallest absolute Gasteiger partial charge is 0.293 e. The van der Waals surface area contributed by atoms with Crippen molar-refractivity contribution in [1.82, 2.24) is 10.3 Å². The van der Waals surface area contributed by atoms with Crippen LogP contribution in [0.5, 0.6) is 5.75 Å². The monoisotopic (exact) mass is 399 g/mol. The van der Waals surface area contributed by atoms with E-state index in [1.165, 1.54) is 12.3 Å². The van der Waals surface area contributed by atoms with Crippen LogP contribution in [-0.4, -0.2) is 22.6 Å². The molecule has 8 heteroatoms. The van der Waals surface area contributed by atoms with Crippen molar-refractivity contribution in [3.63, 3.8) is 0 Å². The van der Waals surface area contributed by atoms with E-state index in [-0.39, 0.29) is 16.4 Å². The number of furan rings is 1. The Kier molecular flexibility index (Phi) is 6.44. The highest BCUT2D eigenvalue weighted by Crippen LogP contribution is 2.17. The summed E-state index contributed by atoms with van der Waals surface area (Å²) in [5, 5.41) is 5.89. The Balaban J connectivity index is 1.55. The van der Waals surface area contributed by atoms with Gasteiger partial charge in [0.15, 0.2) is 10.9 Å². The Morgan fingerprint density at radius 2 is 2.00 bits per heavy atom. The molecule has 0 bridgehead atoms. The fourth-order valence-corrected chi connectivity index (χ4v) is 2.80. The molecule has 0 aliphatic heterocycles. The van der Waals surface area contributed by atoms with Crippen LogP contribution in [0.3, 0.4) is 0 Å². The minimum atomic E-state index is -0.538. The number of aromatic nitrogens is 1. The maximum absolute atomic E-state index is 12.3. The van der Waals surface area contributed by atoms with Crippen LogP contribution in [0.15, 0.2) is 51.8 Å². The van der Waals surface area contributed by atoms with Crippen molar-refractivity contribution in [1.29, 1.82) is 0 Å². The van der Waals surface area contributed by atoms with Gasteiger partial charge in [-0.05, 0) is 49.0 Å². The predicted molar refractivity (Wildman–Crippen MR) is 112 cm³/mol. The molecular weight excluding hydrogens is 378 g/mol. The first-order valence-corrected chi connectivity index (χ1v) is 9.44. The highest BCUT2D eigenvalue weighted by molar-refractivity contribution is 7.80. The summed E-state index contributed by atoms with van der Waals surface area (Å²) in [6.45, 7) is 2.84. The number of hydrogen-bond donors (Lipinski definition) is 3. The van der Waals surface area contributed by atoms with Gasteiger partial charge in [-0.25, -0.2) is 0 Å². The summed E-state index contributed by atoms with van der Waals surface area (Å²) in [6, 6.07) is 10.3. The van der Waals surface area contributed by atoms with Crippen molar-refractivity contribution in [2.45, 2.75) is 26.2 Å². The summed E-state index contributed by atoms with van der Waals surface area (Å²) < 4.78 is 11.1. The molecule has 2 aromatic heterocycles. The number of carbonyl (C=O) groups excluding carboxylic acids is 1. The van der Waals surface area contributed by atoms with Gasteiger partial charge in [-0.3, -0.25) is 14.9 Å². The number of unbranched alkanes of at least 4 members (excludes halogenated alkanes) is 2. The van der Waals surface area contributed by atoms with Gasteiger partial charge in [-0.15, -0.1) is 0 Å². The zero-order valence-corrected chi connectivity index (χ0v) is 16.2. The van der Waals surface area contributed by atoms with Gasteiger partial charge in [-0.1, -0.05) is 19.8 Å². The van der Waals surface area contributed by atoms with Gasteiger partial charge in [0.05, 0.1) is 12.0 Å². The number of hydrogen-bond acceptors (Lipinski definition) is 5. The summed E-state index contributed by atoms with van der Waals surface area (Å²) in [6.07, 6.45) is 4.78. The van der Waals surface area contributed by atoms with Crippen LogP contribution in [0.1, 0.15) is 36.7 Å². The van der Waals surface area contributed by atoms with Crippen LogP contribution in [0.2, 0.25) is 0 Å². The third-order valence-electron chi connectivity index (χ3n) is 4.03. The third kappa shape index (κ3) is 4.98. The summed E-state index contributed by atoms with van der Waals surface area (Å²) in [7, 11) is 0. The van der Waals surface area contributed by atoms with Crippen LogP contribution in [0.4, 0.5) is 5.69 Å². The Bertz CT molecular complexity index is 1020. The average Bonchev–Trinajstić information content (AvgIpc) is 3.12. The van der Waals surface area contributed by atoms with Gasteiger partial charge in [-0.2, -0.15) is 0 Å². The van der Waals surface area contributed by atoms with E-state index in [1.807, 2.05) is 24.3 Å². The molecule has 0 atom stereocenters. The maximum Gasteiger partial charge on any atom is 0.293 e. The highest BCUT2D eigenvalue weighted by Gasteiger charge is 2.15. The van der Waals surface area contributed by atoms with E-state index in [1.54, 1.807) is 6.07 Å². The molecule has 0 saturated heterocycles. The molecule has 1 amide bonds. The van der Waals surface area contributed by atoms with Crippen molar-refractivity contribution in [2.24, 2.45) is 0 Å². The minimum Gasteiger partial charge on any atom is -0.494 e. The van der Waals surface area contributed by atoms with Crippen molar-refractivity contribution >= 4 is 39.9 Å². The lowest BCUT2D eigenvalue weighted by Crippen LogP contribution is -2.33. The number of thiocarbonyl (C=S) groups is 1. The molecular formula is C20H21N3O4S. The van der Waals surface area contributed by atoms with E-state index in [9.17, 15) is 9.59 Å². The van der Waals surface area contributed by atoms with Crippen LogP contribution in [0.25, 0.3) is 11.0 Å². The average molecular weight is 399 g/mol. The predicted octanol–water partition coefficient (Wildman–Crippen LogP) is 3.82. The largest absolute Gasteiger partial charge is 0.494 e. The van der Waals surface area contributed by atoms with Crippen LogP contribution in [-0.2, 0) is 0 Å². The zero-order chi connectivity index (χ0) is 19.9. The number of fused-ring (bicyclic) bond motifs is 1. The van der Waals surface area contributed by atoms with Gasteiger partial charge in [0.25, 0.3) is 11.5 Å². The standard InChI is InChI=1S/C20H21N3O4S/c1-2-3-4-11-26-14-7-5-13(6-8-14)22-20(28)23-19(25)17-12-15-16(27-17)9-10-21-18(15)24/h5-10,12H,2-4,11H2,1H3,(H,21,24)(H2,22,23,25,28). The minimum absolute atomic E-state index is 0.00618. The second-order valence-electron chi connectivity index (χ2n) is 6.18. The molecule has 3 rings (SSSR count). The number of ether oxygens (including phenoxy) is 1. The maximum atomic E-state index is 12.3. The molecule has 0 unspecified atom stereocenters. The molecule has 3 aromatic rings. The van der Waals surface area contributed by atoms with Crippen LogP contribution < -0.4 is 20.9 Å². The Morgan fingerprint density at radius 3 is 2.71 bits per heavy atom. The lowest BCUT2D eigenvalue weighted by Gasteiger charge is -2.10.